The van der Waals surface area contributed by atoms with Gasteiger partial charge in [-0.2, -0.15) is 10.2 Å². The summed E-state index contributed by atoms with van der Waals surface area (Å²) in [7, 11) is 0. The molecule has 2 heterocycles. The monoisotopic (exact) mass is 247 g/mol. The van der Waals surface area contributed by atoms with Crippen LogP contribution < -0.4 is 10.9 Å². The summed E-state index contributed by atoms with van der Waals surface area (Å²) in [5, 5.41) is 11.4. The van der Waals surface area contributed by atoms with Gasteiger partial charge in [-0.1, -0.05) is 0 Å². The molecule has 2 aromatic heterocycles. The average molecular weight is 247 g/mol. The van der Waals surface area contributed by atoms with Gasteiger partial charge in [-0.15, -0.1) is 0 Å². The molecule has 0 atom stereocenters. The van der Waals surface area contributed by atoms with Crippen molar-refractivity contribution >= 4 is 5.69 Å². The lowest BCUT2D eigenvalue weighted by molar-refractivity contribution is 0.634. The number of aryl methyl sites for hydroxylation is 1. The molecule has 0 saturated heterocycles. The number of anilines is 1. The van der Waals surface area contributed by atoms with Gasteiger partial charge in [0, 0.05) is 30.9 Å². The van der Waals surface area contributed by atoms with Crippen LogP contribution in [0.5, 0.6) is 0 Å². The normalized spacial score (nSPS) is 10.6. The fraction of sp³-hybridized carbons (Fsp3) is 0.417. The summed E-state index contributed by atoms with van der Waals surface area (Å²) in [6.45, 7) is 6.04. The topological polar surface area (TPSA) is 64.7 Å². The van der Waals surface area contributed by atoms with Gasteiger partial charge in [0.25, 0.3) is 5.56 Å². The number of hydrogen-bond acceptors (Lipinski definition) is 4. The Morgan fingerprint density at radius 3 is 2.72 bits per heavy atom. The molecule has 0 saturated carbocycles. The van der Waals surface area contributed by atoms with Crippen molar-refractivity contribution in [1.82, 2.24) is 19.6 Å². The maximum absolute atomic E-state index is 11.8. The highest BCUT2D eigenvalue weighted by Crippen LogP contribution is 2.02. The average Bonchev–Trinajstić information content (AvgIpc) is 2.81. The maximum Gasteiger partial charge on any atom is 0.269 e. The second kappa shape index (κ2) is 5.48. The summed E-state index contributed by atoms with van der Waals surface area (Å²) in [5.74, 6) is 0. The van der Waals surface area contributed by atoms with Crippen LogP contribution in [0.15, 0.2) is 29.5 Å². The zero-order valence-corrected chi connectivity index (χ0v) is 10.6. The summed E-state index contributed by atoms with van der Waals surface area (Å²) < 4.78 is 3.26. The maximum atomic E-state index is 11.8. The third kappa shape index (κ3) is 2.77. The number of rotatable bonds is 5. The number of nitrogens with zero attached hydrogens (tertiary/aromatic N) is 4. The van der Waals surface area contributed by atoms with Crippen LogP contribution in [-0.2, 0) is 13.1 Å². The number of hydrogen-bond donors (Lipinski definition) is 1. The fourth-order valence-electron chi connectivity index (χ4n) is 1.69. The van der Waals surface area contributed by atoms with Crippen LogP contribution in [0.4, 0.5) is 5.69 Å². The van der Waals surface area contributed by atoms with Crippen LogP contribution in [0.25, 0.3) is 0 Å². The molecule has 18 heavy (non-hydrogen) atoms. The quantitative estimate of drug-likeness (QED) is 0.854. The second-order valence-corrected chi connectivity index (χ2v) is 3.97. The van der Waals surface area contributed by atoms with Gasteiger partial charge in [-0.3, -0.25) is 9.48 Å². The molecular formula is C12H17N5O. The smallest absolute Gasteiger partial charge is 0.269 e. The SMILES string of the molecule is CCNc1cnn(Cc2cnn(CC)c2)c(=O)c1. The second-order valence-electron chi connectivity index (χ2n) is 3.97. The molecule has 0 bridgehead atoms. The van der Waals surface area contributed by atoms with Gasteiger partial charge in [0.15, 0.2) is 0 Å². The lowest BCUT2D eigenvalue weighted by Crippen LogP contribution is -2.23. The predicted molar refractivity (Wildman–Crippen MR) is 69.7 cm³/mol. The zero-order chi connectivity index (χ0) is 13.0. The molecule has 0 aromatic carbocycles. The molecule has 0 unspecified atom stereocenters. The minimum atomic E-state index is -0.113. The third-order valence-electron chi connectivity index (χ3n) is 2.59. The van der Waals surface area contributed by atoms with E-state index in [1.165, 1.54) is 4.68 Å². The molecule has 6 heteroatoms. The molecule has 0 aliphatic heterocycles. The molecule has 0 amide bonds. The molecule has 6 nitrogen and oxygen atoms in total. The largest absolute Gasteiger partial charge is 0.384 e. The van der Waals surface area contributed by atoms with Crippen LogP contribution in [0.2, 0.25) is 0 Å². The molecule has 0 aliphatic carbocycles. The summed E-state index contributed by atoms with van der Waals surface area (Å²) in [6, 6.07) is 1.56. The predicted octanol–water partition coefficient (Wildman–Crippen LogP) is 0.940. The highest BCUT2D eigenvalue weighted by Gasteiger charge is 2.03. The minimum absolute atomic E-state index is 0.113. The Hall–Kier alpha value is -2.11. The third-order valence-corrected chi connectivity index (χ3v) is 2.59. The van der Waals surface area contributed by atoms with Crippen molar-refractivity contribution in [3.8, 4) is 0 Å². The van der Waals surface area contributed by atoms with Crippen molar-refractivity contribution in [1.29, 1.82) is 0 Å². The van der Waals surface area contributed by atoms with Gasteiger partial charge in [0.05, 0.1) is 24.6 Å². The molecule has 0 radical (unpaired) electrons. The van der Waals surface area contributed by atoms with E-state index in [0.29, 0.717) is 6.54 Å². The lowest BCUT2D eigenvalue weighted by atomic mass is 10.3. The minimum Gasteiger partial charge on any atom is -0.384 e. The van der Waals surface area contributed by atoms with Gasteiger partial charge in [-0.25, -0.2) is 4.68 Å². The Morgan fingerprint density at radius 2 is 2.11 bits per heavy atom. The first-order chi connectivity index (χ1) is 8.72. The Labute approximate surface area is 105 Å². The molecule has 96 valence electrons. The van der Waals surface area contributed by atoms with Crippen LogP contribution >= 0.6 is 0 Å². The van der Waals surface area contributed by atoms with E-state index in [4.69, 9.17) is 0 Å². The van der Waals surface area contributed by atoms with E-state index in [1.807, 2.05) is 24.7 Å². The first kappa shape index (κ1) is 12.3. The summed E-state index contributed by atoms with van der Waals surface area (Å²) in [5.41, 5.74) is 1.61. The van der Waals surface area contributed by atoms with Crippen molar-refractivity contribution < 1.29 is 0 Å². The fourth-order valence-corrected chi connectivity index (χ4v) is 1.69. The molecule has 0 aliphatic rings. The van der Waals surface area contributed by atoms with Crippen molar-refractivity contribution in [2.24, 2.45) is 0 Å². The van der Waals surface area contributed by atoms with Gasteiger partial charge in [-0.05, 0) is 13.8 Å². The molecule has 0 fully saturated rings. The highest BCUT2D eigenvalue weighted by molar-refractivity contribution is 5.38. The van der Waals surface area contributed by atoms with Crippen molar-refractivity contribution in [2.75, 3.05) is 11.9 Å². The highest BCUT2D eigenvalue weighted by atomic mass is 16.1. The van der Waals surface area contributed by atoms with E-state index in [0.717, 1.165) is 24.3 Å². The van der Waals surface area contributed by atoms with E-state index in [9.17, 15) is 4.79 Å². The summed E-state index contributed by atoms with van der Waals surface area (Å²) >= 11 is 0. The van der Waals surface area contributed by atoms with Gasteiger partial charge in [0.2, 0.25) is 0 Å². The Balaban J connectivity index is 2.16. The standard InChI is InChI=1S/C12H17N5O/c1-3-13-11-5-12(18)17(15-7-11)9-10-6-14-16(4-2)8-10/h5-8,13H,3-4,9H2,1-2H3. The molecule has 0 spiro atoms. The lowest BCUT2D eigenvalue weighted by Gasteiger charge is -2.05. The van der Waals surface area contributed by atoms with Crippen molar-refractivity contribution in [3.63, 3.8) is 0 Å². The van der Waals surface area contributed by atoms with E-state index in [1.54, 1.807) is 18.5 Å². The van der Waals surface area contributed by atoms with E-state index < -0.39 is 0 Å². The first-order valence-corrected chi connectivity index (χ1v) is 6.05. The van der Waals surface area contributed by atoms with Gasteiger partial charge >= 0.3 is 0 Å². The molecular weight excluding hydrogens is 230 g/mol. The van der Waals surface area contributed by atoms with Crippen LogP contribution in [0.3, 0.4) is 0 Å². The number of aromatic nitrogens is 4. The van der Waals surface area contributed by atoms with Crippen molar-refractivity contribution in [2.45, 2.75) is 26.9 Å². The van der Waals surface area contributed by atoms with Crippen LogP contribution in [0, 0.1) is 0 Å². The molecule has 2 aromatic rings. The zero-order valence-electron chi connectivity index (χ0n) is 10.6. The molecule has 1 N–H and O–H groups in total. The molecule has 2 rings (SSSR count). The van der Waals surface area contributed by atoms with Crippen LogP contribution in [-0.4, -0.2) is 26.1 Å². The Morgan fingerprint density at radius 1 is 1.28 bits per heavy atom. The Bertz CT molecular complexity index is 572. The van der Waals surface area contributed by atoms with Gasteiger partial charge < -0.3 is 5.32 Å². The van der Waals surface area contributed by atoms with Gasteiger partial charge in [0.1, 0.15) is 0 Å². The summed E-state index contributed by atoms with van der Waals surface area (Å²) in [4.78, 5) is 11.8. The number of nitrogens with one attached hydrogen (secondary N) is 1. The van der Waals surface area contributed by atoms with Crippen molar-refractivity contribution in [3.05, 3.63) is 40.6 Å². The summed E-state index contributed by atoms with van der Waals surface area (Å²) in [6.07, 6.45) is 5.34. The van der Waals surface area contributed by atoms with E-state index >= 15 is 0 Å². The van der Waals surface area contributed by atoms with E-state index in [-0.39, 0.29) is 5.56 Å². The van der Waals surface area contributed by atoms with E-state index in [2.05, 4.69) is 15.5 Å². The van der Waals surface area contributed by atoms with Crippen LogP contribution in [0.1, 0.15) is 19.4 Å². The Kier molecular flexibility index (Phi) is 3.76. The first-order valence-electron chi connectivity index (χ1n) is 6.05.